The molecule has 0 saturated carbocycles. The Balaban J connectivity index is 3.00. The van der Waals surface area contributed by atoms with Crippen molar-refractivity contribution in [3.8, 4) is 0 Å². The lowest BCUT2D eigenvalue weighted by molar-refractivity contribution is 0.0398. The van der Waals surface area contributed by atoms with E-state index in [-0.39, 0.29) is 12.7 Å². The zero-order valence-corrected chi connectivity index (χ0v) is 6.76. The largest absolute Gasteiger partial charge is 0.394 e. The summed E-state index contributed by atoms with van der Waals surface area (Å²) in [4.78, 5) is 0. The van der Waals surface area contributed by atoms with Crippen molar-refractivity contribution in [2.75, 3.05) is 26.3 Å². The average molecular weight is 147 g/mol. The van der Waals surface area contributed by atoms with Crippen LogP contribution in [0.3, 0.4) is 0 Å². The molecular weight excluding hydrogens is 130 g/mol. The number of aliphatic hydroxyl groups excluding tert-OH is 1. The van der Waals surface area contributed by atoms with Crippen LogP contribution in [-0.4, -0.2) is 37.5 Å². The average Bonchev–Trinajstić information content (AvgIpc) is 1.97. The zero-order valence-electron chi connectivity index (χ0n) is 6.76. The quantitative estimate of drug-likeness (QED) is 0.555. The predicted molar refractivity (Wildman–Crippen MR) is 41.0 cm³/mol. The molecule has 0 aliphatic rings. The van der Waals surface area contributed by atoms with Crippen LogP contribution in [0.2, 0.25) is 0 Å². The number of aliphatic hydroxyl groups is 1. The highest BCUT2D eigenvalue weighted by Gasteiger charge is 1.98. The van der Waals surface area contributed by atoms with Crippen molar-refractivity contribution >= 4 is 0 Å². The van der Waals surface area contributed by atoms with E-state index >= 15 is 0 Å². The van der Waals surface area contributed by atoms with Crippen LogP contribution in [0.25, 0.3) is 0 Å². The minimum atomic E-state index is 0.108. The van der Waals surface area contributed by atoms with Gasteiger partial charge in [0, 0.05) is 6.54 Å². The van der Waals surface area contributed by atoms with Crippen molar-refractivity contribution < 1.29 is 9.84 Å². The van der Waals surface area contributed by atoms with Crippen LogP contribution < -0.4 is 5.32 Å². The Hall–Kier alpha value is -0.120. The molecule has 0 amide bonds. The maximum absolute atomic E-state index is 8.40. The highest BCUT2D eigenvalue weighted by atomic mass is 16.5. The summed E-state index contributed by atoms with van der Waals surface area (Å²) in [5, 5.41) is 11.5. The molecule has 0 aromatic heterocycles. The van der Waals surface area contributed by atoms with Gasteiger partial charge in [-0.2, -0.15) is 0 Å². The monoisotopic (exact) mass is 147 g/mol. The Kier molecular flexibility index (Phi) is 6.91. The molecule has 3 heteroatoms. The molecule has 0 fully saturated rings. The number of hydrogen-bond acceptors (Lipinski definition) is 3. The summed E-state index contributed by atoms with van der Waals surface area (Å²) in [5.41, 5.74) is 0. The normalized spacial score (nSPS) is 13.5. The number of hydrogen-bond donors (Lipinski definition) is 2. The molecule has 10 heavy (non-hydrogen) atoms. The van der Waals surface area contributed by atoms with Crippen molar-refractivity contribution in [2.45, 2.75) is 20.0 Å². The second-order valence-corrected chi connectivity index (χ2v) is 2.21. The van der Waals surface area contributed by atoms with Gasteiger partial charge < -0.3 is 15.2 Å². The van der Waals surface area contributed by atoms with Gasteiger partial charge >= 0.3 is 0 Å². The minimum Gasteiger partial charge on any atom is -0.394 e. The number of rotatable bonds is 6. The molecule has 0 aromatic rings. The van der Waals surface area contributed by atoms with Gasteiger partial charge in [-0.25, -0.2) is 0 Å². The molecule has 0 aliphatic heterocycles. The molecule has 0 radical (unpaired) electrons. The molecule has 0 bridgehead atoms. The topological polar surface area (TPSA) is 41.5 Å². The molecule has 1 atom stereocenters. The van der Waals surface area contributed by atoms with E-state index in [0.717, 1.165) is 13.1 Å². The smallest absolute Gasteiger partial charge is 0.0701 e. The molecule has 0 aromatic carbocycles. The maximum atomic E-state index is 8.40. The molecule has 0 aliphatic carbocycles. The van der Waals surface area contributed by atoms with Crippen LogP contribution in [0.4, 0.5) is 0 Å². The van der Waals surface area contributed by atoms with Gasteiger partial charge in [0.2, 0.25) is 0 Å². The van der Waals surface area contributed by atoms with Gasteiger partial charge in [-0.1, -0.05) is 6.92 Å². The SMILES string of the molecule is CCNCC(C)OCCO. The first-order chi connectivity index (χ1) is 4.81. The van der Waals surface area contributed by atoms with E-state index in [4.69, 9.17) is 9.84 Å². The van der Waals surface area contributed by atoms with Crippen LogP contribution in [0.15, 0.2) is 0 Å². The van der Waals surface area contributed by atoms with Crippen molar-refractivity contribution in [3.05, 3.63) is 0 Å². The van der Waals surface area contributed by atoms with Crippen molar-refractivity contribution in [2.24, 2.45) is 0 Å². The van der Waals surface area contributed by atoms with Crippen molar-refractivity contribution in [1.29, 1.82) is 0 Å². The lowest BCUT2D eigenvalue weighted by Gasteiger charge is -2.11. The van der Waals surface area contributed by atoms with Crippen LogP contribution in [-0.2, 0) is 4.74 Å². The summed E-state index contributed by atoms with van der Waals surface area (Å²) in [7, 11) is 0. The summed E-state index contributed by atoms with van der Waals surface area (Å²) in [6.45, 7) is 6.41. The van der Waals surface area contributed by atoms with Crippen LogP contribution in [0.1, 0.15) is 13.8 Å². The Morgan fingerprint density at radius 3 is 2.80 bits per heavy atom. The first-order valence-corrected chi connectivity index (χ1v) is 3.74. The fraction of sp³-hybridized carbons (Fsp3) is 1.00. The Labute approximate surface area is 62.4 Å². The molecule has 62 valence electrons. The molecule has 2 N–H and O–H groups in total. The van der Waals surface area contributed by atoms with Gasteiger partial charge in [0.05, 0.1) is 19.3 Å². The third kappa shape index (κ3) is 6.01. The molecule has 0 heterocycles. The van der Waals surface area contributed by atoms with E-state index in [1.807, 2.05) is 6.92 Å². The summed E-state index contributed by atoms with van der Waals surface area (Å²) in [6.07, 6.45) is 0.201. The number of nitrogens with one attached hydrogen (secondary N) is 1. The lowest BCUT2D eigenvalue weighted by atomic mass is 10.4. The first kappa shape index (κ1) is 9.88. The molecule has 0 rings (SSSR count). The van der Waals surface area contributed by atoms with E-state index in [1.165, 1.54) is 0 Å². The Morgan fingerprint density at radius 2 is 2.30 bits per heavy atom. The summed E-state index contributed by atoms with van der Waals surface area (Å²) >= 11 is 0. The van der Waals surface area contributed by atoms with Crippen molar-refractivity contribution in [3.63, 3.8) is 0 Å². The van der Waals surface area contributed by atoms with Crippen molar-refractivity contribution in [1.82, 2.24) is 5.32 Å². The highest BCUT2D eigenvalue weighted by Crippen LogP contribution is 1.86. The summed E-state index contributed by atoms with van der Waals surface area (Å²) in [6, 6.07) is 0. The van der Waals surface area contributed by atoms with Gasteiger partial charge in [-0.3, -0.25) is 0 Å². The summed E-state index contributed by atoms with van der Waals surface area (Å²) in [5.74, 6) is 0. The molecule has 1 unspecified atom stereocenters. The molecular formula is C7H17NO2. The third-order valence-electron chi connectivity index (χ3n) is 1.18. The Morgan fingerprint density at radius 1 is 1.60 bits per heavy atom. The first-order valence-electron chi connectivity index (χ1n) is 3.74. The van der Waals surface area contributed by atoms with E-state index in [9.17, 15) is 0 Å². The van der Waals surface area contributed by atoms with Crippen LogP contribution in [0.5, 0.6) is 0 Å². The maximum Gasteiger partial charge on any atom is 0.0701 e. The number of likely N-dealkylation sites (N-methyl/N-ethyl adjacent to an activating group) is 1. The van der Waals surface area contributed by atoms with Gasteiger partial charge in [0.1, 0.15) is 0 Å². The fourth-order valence-electron chi connectivity index (χ4n) is 0.660. The van der Waals surface area contributed by atoms with Gasteiger partial charge in [-0.15, -0.1) is 0 Å². The fourth-order valence-corrected chi connectivity index (χ4v) is 0.660. The van der Waals surface area contributed by atoms with E-state index in [2.05, 4.69) is 12.2 Å². The van der Waals surface area contributed by atoms with Crippen LogP contribution >= 0.6 is 0 Å². The molecule has 0 saturated heterocycles. The number of ether oxygens (including phenoxy) is 1. The highest BCUT2D eigenvalue weighted by molar-refractivity contribution is 4.52. The van der Waals surface area contributed by atoms with Gasteiger partial charge in [-0.05, 0) is 13.5 Å². The van der Waals surface area contributed by atoms with E-state index in [0.29, 0.717) is 6.61 Å². The second kappa shape index (κ2) is 6.99. The van der Waals surface area contributed by atoms with Gasteiger partial charge in [0.15, 0.2) is 0 Å². The zero-order chi connectivity index (χ0) is 7.82. The minimum absolute atomic E-state index is 0.108. The lowest BCUT2D eigenvalue weighted by Crippen LogP contribution is -2.27. The molecule has 3 nitrogen and oxygen atoms in total. The van der Waals surface area contributed by atoms with E-state index < -0.39 is 0 Å². The van der Waals surface area contributed by atoms with Gasteiger partial charge in [0.25, 0.3) is 0 Å². The predicted octanol–water partition coefficient (Wildman–Crippen LogP) is -0.00670. The molecule has 0 spiro atoms. The van der Waals surface area contributed by atoms with Crippen LogP contribution in [0, 0.1) is 0 Å². The standard InChI is InChI=1S/C7H17NO2/c1-3-8-6-7(2)10-5-4-9/h7-9H,3-6H2,1-2H3. The van der Waals surface area contributed by atoms with E-state index in [1.54, 1.807) is 0 Å². The summed E-state index contributed by atoms with van der Waals surface area (Å²) < 4.78 is 5.18. The Bertz CT molecular complexity index is 60.6. The second-order valence-electron chi connectivity index (χ2n) is 2.21. The third-order valence-corrected chi connectivity index (χ3v) is 1.18.